The monoisotopic (exact) mass is 486 g/mol. The van der Waals surface area contributed by atoms with E-state index in [0.29, 0.717) is 5.56 Å². The van der Waals surface area contributed by atoms with Crippen molar-refractivity contribution in [2.75, 3.05) is 19.7 Å². The topological polar surface area (TPSA) is 84.9 Å². The highest BCUT2D eigenvalue weighted by molar-refractivity contribution is 7.89. The Kier molecular flexibility index (Phi) is 7.65. The average molecular weight is 487 g/mol. The summed E-state index contributed by atoms with van der Waals surface area (Å²) < 4.78 is 74.3. The second-order valence-electron chi connectivity index (χ2n) is 7.84. The predicted octanol–water partition coefficient (Wildman–Crippen LogP) is 3.36. The Hall–Kier alpha value is -2.63. The van der Waals surface area contributed by atoms with Crippen molar-refractivity contribution in [2.24, 2.45) is 0 Å². The van der Waals surface area contributed by atoms with Crippen LogP contribution in [-0.2, 0) is 21.3 Å². The number of halogens is 3. The molecule has 1 amide bonds. The van der Waals surface area contributed by atoms with Crippen LogP contribution in [-0.4, -0.2) is 56.7 Å². The summed E-state index contributed by atoms with van der Waals surface area (Å²) in [7, 11) is -3.79. The number of amides is 1. The van der Waals surface area contributed by atoms with Crippen LogP contribution >= 0.6 is 0 Å². The van der Waals surface area contributed by atoms with Gasteiger partial charge in [-0.2, -0.15) is 17.5 Å². The molecule has 0 bridgehead atoms. The van der Waals surface area contributed by atoms with Gasteiger partial charge in [-0.05, 0) is 49.7 Å². The molecule has 180 valence electrons. The molecule has 2 aromatic carbocycles. The fourth-order valence-corrected chi connectivity index (χ4v) is 5.06. The largest absolute Gasteiger partial charge is 0.484 e. The van der Waals surface area contributed by atoms with E-state index in [9.17, 15) is 26.4 Å². The van der Waals surface area contributed by atoms with Crippen molar-refractivity contribution >= 4 is 15.9 Å². The predicted molar refractivity (Wildman–Crippen MR) is 114 cm³/mol. The maximum Gasteiger partial charge on any atom is 0.422 e. The molecule has 7 nitrogen and oxygen atoms in total. The van der Waals surface area contributed by atoms with Gasteiger partial charge in [-0.25, -0.2) is 8.42 Å². The van der Waals surface area contributed by atoms with Crippen LogP contribution in [0.5, 0.6) is 5.75 Å². The highest BCUT2D eigenvalue weighted by atomic mass is 32.2. The number of hydrogen-bond donors (Lipinski definition) is 1. The number of carbonyl (C=O) groups is 1. The minimum absolute atomic E-state index is 0.0163. The zero-order valence-corrected chi connectivity index (χ0v) is 18.9. The molecule has 2 unspecified atom stereocenters. The van der Waals surface area contributed by atoms with Crippen molar-refractivity contribution in [3.05, 3.63) is 59.7 Å². The van der Waals surface area contributed by atoms with Gasteiger partial charge in [0.1, 0.15) is 5.75 Å². The zero-order valence-electron chi connectivity index (χ0n) is 18.1. The zero-order chi connectivity index (χ0) is 24.2. The average Bonchev–Trinajstić information content (AvgIpc) is 2.75. The molecule has 2 aromatic rings. The number of morpholine rings is 1. The number of nitrogens with zero attached hydrogens (tertiary/aromatic N) is 1. The fourth-order valence-electron chi connectivity index (χ4n) is 3.43. The molecule has 0 aliphatic carbocycles. The molecule has 0 saturated carbocycles. The first-order chi connectivity index (χ1) is 15.4. The number of carbonyl (C=O) groups excluding carboxylic acids is 1. The summed E-state index contributed by atoms with van der Waals surface area (Å²) in [6.45, 7) is 2.78. The molecule has 1 fully saturated rings. The van der Waals surface area contributed by atoms with Crippen LogP contribution in [0.3, 0.4) is 0 Å². The van der Waals surface area contributed by atoms with Gasteiger partial charge < -0.3 is 14.8 Å². The lowest BCUT2D eigenvalue weighted by atomic mass is 10.2. The molecule has 1 aliphatic heterocycles. The normalized spacial score (nSPS) is 19.8. The lowest BCUT2D eigenvalue weighted by molar-refractivity contribution is -0.153. The van der Waals surface area contributed by atoms with E-state index in [1.165, 1.54) is 52.8 Å². The van der Waals surface area contributed by atoms with E-state index in [0.717, 1.165) is 0 Å². The Balaban J connectivity index is 1.63. The van der Waals surface area contributed by atoms with Crippen LogP contribution in [0.2, 0.25) is 0 Å². The summed E-state index contributed by atoms with van der Waals surface area (Å²) in [5.74, 6) is -0.416. The number of alkyl halides is 3. The van der Waals surface area contributed by atoms with Crippen LogP contribution < -0.4 is 10.1 Å². The van der Waals surface area contributed by atoms with Gasteiger partial charge in [0.25, 0.3) is 5.91 Å². The first-order valence-electron chi connectivity index (χ1n) is 10.3. The third kappa shape index (κ3) is 6.92. The molecule has 3 rings (SSSR count). The van der Waals surface area contributed by atoms with Crippen molar-refractivity contribution in [1.29, 1.82) is 0 Å². The number of benzene rings is 2. The van der Waals surface area contributed by atoms with Gasteiger partial charge in [-0.1, -0.05) is 18.2 Å². The van der Waals surface area contributed by atoms with Crippen LogP contribution in [0, 0.1) is 0 Å². The minimum Gasteiger partial charge on any atom is -0.484 e. The second kappa shape index (κ2) is 10.1. The van der Waals surface area contributed by atoms with Crippen LogP contribution in [0.15, 0.2) is 53.4 Å². The van der Waals surface area contributed by atoms with Gasteiger partial charge >= 0.3 is 6.18 Å². The molecule has 1 aliphatic rings. The molecule has 33 heavy (non-hydrogen) atoms. The van der Waals surface area contributed by atoms with Gasteiger partial charge in [-0.3, -0.25) is 4.79 Å². The number of hydrogen-bond acceptors (Lipinski definition) is 5. The number of ether oxygens (including phenoxy) is 2. The van der Waals surface area contributed by atoms with Gasteiger partial charge in [0.05, 0.1) is 17.1 Å². The standard InChI is InChI=1S/C22H25F3N2O5S/c1-15-12-27(13-16(2)32-15)33(29,30)20-5-3-4-18(10-20)21(28)26-11-17-6-8-19(9-7-17)31-14-22(23,24)25/h3-10,15-16H,11-14H2,1-2H3,(H,26,28). The summed E-state index contributed by atoms with van der Waals surface area (Å²) in [5.41, 5.74) is 0.818. The van der Waals surface area contributed by atoms with E-state index in [1.807, 2.05) is 0 Å². The summed E-state index contributed by atoms with van der Waals surface area (Å²) in [5, 5.41) is 2.68. The van der Waals surface area contributed by atoms with Crippen molar-refractivity contribution in [1.82, 2.24) is 9.62 Å². The van der Waals surface area contributed by atoms with Crippen LogP contribution in [0.25, 0.3) is 0 Å². The summed E-state index contributed by atoms with van der Waals surface area (Å²) >= 11 is 0. The van der Waals surface area contributed by atoms with Crippen molar-refractivity contribution < 1.29 is 35.9 Å². The molecule has 0 spiro atoms. The Labute approximate surface area is 190 Å². The molecule has 2 atom stereocenters. The van der Waals surface area contributed by atoms with Gasteiger partial charge in [0.2, 0.25) is 10.0 Å². The third-order valence-corrected chi connectivity index (χ3v) is 6.73. The van der Waals surface area contributed by atoms with Crippen molar-refractivity contribution in [2.45, 2.75) is 43.7 Å². The number of sulfonamides is 1. The Bertz CT molecular complexity index is 1060. The minimum atomic E-state index is -4.42. The van der Waals surface area contributed by atoms with E-state index in [4.69, 9.17) is 4.74 Å². The molecule has 1 heterocycles. The molecule has 0 aromatic heterocycles. The number of rotatable bonds is 7. The van der Waals surface area contributed by atoms with E-state index in [1.54, 1.807) is 13.8 Å². The molecule has 1 saturated heterocycles. The molecular weight excluding hydrogens is 461 g/mol. The maximum absolute atomic E-state index is 13.0. The molecule has 1 N–H and O–H groups in total. The van der Waals surface area contributed by atoms with Gasteiger partial charge in [0, 0.05) is 25.2 Å². The van der Waals surface area contributed by atoms with E-state index in [-0.39, 0.29) is 48.1 Å². The highest BCUT2D eigenvalue weighted by Gasteiger charge is 2.32. The second-order valence-corrected chi connectivity index (χ2v) is 9.78. The summed E-state index contributed by atoms with van der Waals surface area (Å²) in [6.07, 6.45) is -4.90. The quantitative estimate of drug-likeness (QED) is 0.649. The van der Waals surface area contributed by atoms with Crippen LogP contribution in [0.1, 0.15) is 29.8 Å². The number of nitrogens with one attached hydrogen (secondary N) is 1. The SMILES string of the molecule is CC1CN(S(=O)(=O)c2cccc(C(=O)NCc3ccc(OCC(F)(F)F)cc3)c2)CC(C)O1. The fraction of sp³-hybridized carbons (Fsp3) is 0.409. The smallest absolute Gasteiger partial charge is 0.422 e. The lowest BCUT2D eigenvalue weighted by Gasteiger charge is -2.34. The Morgan fingerprint density at radius 3 is 2.36 bits per heavy atom. The molecule has 11 heteroatoms. The first-order valence-corrected chi connectivity index (χ1v) is 11.7. The summed E-state index contributed by atoms with van der Waals surface area (Å²) in [6, 6.07) is 11.6. The first kappa shape index (κ1) is 25.0. The Morgan fingerprint density at radius 1 is 1.12 bits per heavy atom. The Morgan fingerprint density at radius 2 is 1.76 bits per heavy atom. The molecule has 0 radical (unpaired) electrons. The lowest BCUT2D eigenvalue weighted by Crippen LogP contribution is -2.48. The molecular formula is C22H25F3N2O5S. The summed E-state index contributed by atoms with van der Waals surface area (Å²) in [4.78, 5) is 12.6. The highest BCUT2D eigenvalue weighted by Crippen LogP contribution is 2.22. The maximum atomic E-state index is 13.0. The van der Waals surface area contributed by atoms with Crippen molar-refractivity contribution in [3.63, 3.8) is 0 Å². The third-order valence-electron chi connectivity index (χ3n) is 4.90. The van der Waals surface area contributed by atoms with Gasteiger partial charge in [-0.15, -0.1) is 0 Å². The van der Waals surface area contributed by atoms with E-state index in [2.05, 4.69) is 10.1 Å². The van der Waals surface area contributed by atoms with Crippen molar-refractivity contribution in [3.8, 4) is 5.75 Å². The van der Waals surface area contributed by atoms with E-state index >= 15 is 0 Å². The van der Waals surface area contributed by atoms with Crippen LogP contribution in [0.4, 0.5) is 13.2 Å². The van der Waals surface area contributed by atoms with E-state index < -0.39 is 28.7 Å². The van der Waals surface area contributed by atoms with Gasteiger partial charge in [0.15, 0.2) is 6.61 Å².